The molecule has 0 fully saturated rings. The molecule has 0 aromatic rings. The third kappa shape index (κ3) is 12.2. The number of rotatable bonds is 12. The topological polar surface area (TPSA) is 70.8 Å². The maximum Gasteiger partial charge on any atom is 0.0701 e. The Hall–Kier alpha value is -0.0100. The minimum atomic E-state index is -0.826. The molecule has 104 valence electrons. The molecule has 0 aliphatic rings. The Kier molecular flexibility index (Phi) is 12.4. The van der Waals surface area contributed by atoms with E-state index in [9.17, 15) is 4.21 Å². The van der Waals surface area contributed by atoms with Crippen molar-refractivity contribution < 1.29 is 18.4 Å². The summed E-state index contributed by atoms with van der Waals surface area (Å²) >= 11 is 0. The van der Waals surface area contributed by atoms with Crippen molar-refractivity contribution >= 4 is 10.8 Å². The largest absolute Gasteiger partial charge is 0.382 e. The molecule has 2 N–H and O–H groups in total. The van der Waals surface area contributed by atoms with Crippen LogP contribution in [0.2, 0.25) is 0 Å². The van der Waals surface area contributed by atoms with Gasteiger partial charge in [-0.1, -0.05) is 6.92 Å². The van der Waals surface area contributed by atoms with Crippen LogP contribution in [0.1, 0.15) is 6.92 Å². The first-order chi connectivity index (χ1) is 8.20. The van der Waals surface area contributed by atoms with E-state index in [4.69, 9.17) is 19.9 Å². The van der Waals surface area contributed by atoms with Crippen molar-refractivity contribution in [1.29, 1.82) is 0 Å². The lowest BCUT2D eigenvalue weighted by Gasteiger charge is -2.08. The van der Waals surface area contributed by atoms with Crippen LogP contribution in [0.4, 0.5) is 0 Å². The van der Waals surface area contributed by atoms with Gasteiger partial charge < -0.3 is 19.9 Å². The Labute approximate surface area is 106 Å². The summed E-state index contributed by atoms with van der Waals surface area (Å²) in [4.78, 5) is 0. The minimum absolute atomic E-state index is 0.313. The molecule has 0 radical (unpaired) electrons. The van der Waals surface area contributed by atoms with Gasteiger partial charge in [0.2, 0.25) is 0 Å². The summed E-state index contributed by atoms with van der Waals surface area (Å²) in [6.45, 7) is 5.36. The van der Waals surface area contributed by atoms with Crippen molar-refractivity contribution in [3.8, 4) is 0 Å². The summed E-state index contributed by atoms with van der Waals surface area (Å²) in [6.07, 6.45) is 0. The van der Waals surface area contributed by atoms with Gasteiger partial charge in [0.05, 0.1) is 33.0 Å². The molecule has 0 aliphatic carbocycles. The van der Waals surface area contributed by atoms with Gasteiger partial charge in [-0.15, -0.1) is 0 Å². The Bertz CT molecular complexity index is 192. The monoisotopic (exact) mass is 267 g/mol. The van der Waals surface area contributed by atoms with Gasteiger partial charge in [-0.3, -0.25) is 4.21 Å². The van der Waals surface area contributed by atoms with Crippen LogP contribution in [-0.4, -0.2) is 62.4 Å². The van der Waals surface area contributed by atoms with E-state index in [-0.39, 0.29) is 0 Å². The summed E-state index contributed by atoms with van der Waals surface area (Å²) in [5.41, 5.74) is 5.46. The Balaban J connectivity index is 3.19. The first-order valence-corrected chi connectivity index (χ1v) is 7.39. The van der Waals surface area contributed by atoms with Gasteiger partial charge >= 0.3 is 0 Å². The van der Waals surface area contributed by atoms with Crippen molar-refractivity contribution in [1.82, 2.24) is 0 Å². The predicted octanol–water partition coefficient (Wildman–Crippen LogP) is 0.00950. The lowest BCUT2D eigenvalue weighted by atomic mass is 10.2. The van der Waals surface area contributed by atoms with E-state index in [0.717, 1.165) is 0 Å². The zero-order chi connectivity index (χ0) is 12.9. The maximum absolute atomic E-state index is 11.5. The van der Waals surface area contributed by atoms with Gasteiger partial charge in [0.15, 0.2) is 0 Å². The second-order valence-corrected chi connectivity index (χ2v) is 5.49. The van der Waals surface area contributed by atoms with Crippen LogP contribution in [0.5, 0.6) is 0 Å². The quantitative estimate of drug-likeness (QED) is 0.504. The molecule has 2 atom stereocenters. The summed E-state index contributed by atoms with van der Waals surface area (Å²) in [5.74, 6) is 1.54. The van der Waals surface area contributed by atoms with Crippen LogP contribution in [0.15, 0.2) is 0 Å². The molecule has 0 spiro atoms. The van der Waals surface area contributed by atoms with Crippen molar-refractivity contribution in [3.63, 3.8) is 0 Å². The summed E-state index contributed by atoms with van der Waals surface area (Å²) in [6, 6.07) is 0. The zero-order valence-corrected chi connectivity index (χ0v) is 11.7. The van der Waals surface area contributed by atoms with Gasteiger partial charge in [-0.2, -0.15) is 0 Å². The van der Waals surface area contributed by atoms with Crippen LogP contribution in [-0.2, 0) is 25.0 Å². The average Bonchev–Trinajstić information content (AvgIpc) is 2.32. The summed E-state index contributed by atoms with van der Waals surface area (Å²) in [5, 5.41) is 0. The molecule has 0 aliphatic heterocycles. The number of ether oxygens (including phenoxy) is 3. The minimum Gasteiger partial charge on any atom is -0.382 e. The second kappa shape index (κ2) is 12.4. The zero-order valence-electron chi connectivity index (χ0n) is 10.9. The van der Waals surface area contributed by atoms with E-state index in [2.05, 4.69) is 0 Å². The highest BCUT2D eigenvalue weighted by molar-refractivity contribution is 7.85. The van der Waals surface area contributed by atoms with Crippen molar-refractivity contribution in [2.45, 2.75) is 6.92 Å². The van der Waals surface area contributed by atoms with E-state index >= 15 is 0 Å². The Morgan fingerprint density at radius 1 is 1.12 bits per heavy atom. The highest BCUT2D eigenvalue weighted by Gasteiger charge is 2.05. The van der Waals surface area contributed by atoms with Crippen LogP contribution in [0.25, 0.3) is 0 Å². The fraction of sp³-hybridized carbons (Fsp3) is 1.00. The Morgan fingerprint density at radius 3 is 2.29 bits per heavy atom. The SMILES string of the molecule is COCCOCCOCCS(=O)CC(C)CN. The van der Waals surface area contributed by atoms with E-state index in [1.807, 2.05) is 6.92 Å². The molecule has 0 aromatic heterocycles. The van der Waals surface area contributed by atoms with Crippen molar-refractivity contribution in [3.05, 3.63) is 0 Å². The van der Waals surface area contributed by atoms with Crippen molar-refractivity contribution in [2.24, 2.45) is 11.7 Å². The highest BCUT2D eigenvalue weighted by Crippen LogP contribution is 1.96. The molecule has 0 amide bonds. The molecule has 0 aromatic carbocycles. The third-order valence-electron chi connectivity index (χ3n) is 2.13. The lowest BCUT2D eigenvalue weighted by Crippen LogP contribution is -2.20. The van der Waals surface area contributed by atoms with Gasteiger partial charge in [0.25, 0.3) is 0 Å². The molecular formula is C11H25NO4S. The molecule has 0 saturated heterocycles. The van der Waals surface area contributed by atoms with Gasteiger partial charge in [-0.25, -0.2) is 0 Å². The predicted molar refractivity (Wildman–Crippen MR) is 69.6 cm³/mol. The van der Waals surface area contributed by atoms with Gasteiger partial charge in [0, 0.05) is 29.4 Å². The Morgan fingerprint density at radius 2 is 1.71 bits per heavy atom. The molecular weight excluding hydrogens is 242 g/mol. The number of hydrogen-bond donors (Lipinski definition) is 1. The van der Waals surface area contributed by atoms with Crippen LogP contribution in [0, 0.1) is 5.92 Å². The lowest BCUT2D eigenvalue weighted by molar-refractivity contribution is 0.0285. The first-order valence-electron chi connectivity index (χ1n) is 5.90. The van der Waals surface area contributed by atoms with E-state index in [0.29, 0.717) is 57.0 Å². The molecule has 17 heavy (non-hydrogen) atoms. The fourth-order valence-electron chi connectivity index (χ4n) is 1.08. The average molecular weight is 267 g/mol. The van der Waals surface area contributed by atoms with Crippen LogP contribution < -0.4 is 5.73 Å². The van der Waals surface area contributed by atoms with Crippen LogP contribution in [0.3, 0.4) is 0 Å². The molecule has 0 rings (SSSR count). The normalized spacial score (nSPS) is 14.8. The third-order valence-corrected chi connectivity index (χ3v) is 3.69. The molecule has 2 unspecified atom stereocenters. The van der Waals surface area contributed by atoms with Crippen molar-refractivity contribution in [2.75, 3.05) is 58.2 Å². The van der Waals surface area contributed by atoms with E-state index in [1.54, 1.807) is 7.11 Å². The number of hydrogen-bond acceptors (Lipinski definition) is 5. The summed E-state index contributed by atoms with van der Waals surface area (Å²) < 4.78 is 26.9. The maximum atomic E-state index is 11.5. The van der Waals surface area contributed by atoms with Gasteiger partial charge in [-0.05, 0) is 12.5 Å². The second-order valence-electron chi connectivity index (χ2n) is 3.87. The smallest absolute Gasteiger partial charge is 0.0701 e. The standard InChI is InChI=1S/C11H25NO4S/c1-11(9-12)10-17(13)8-7-16-6-5-15-4-3-14-2/h11H,3-10,12H2,1-2H3. The number of methoxy groups -OCH3 is 1. The molecule has 0 saturated carbocycles. The van der Waals surface area contributed by atoms with E-state index < -0.39 is 10.8 Å². The number of nitrogens with two attached hydrogens (primary N) is 1. The summed E-state index contributed by atoms with van der Waals surface area (Å²) in [7, 11) is 0.810. The fourth-order valence-corrected chi connectivity index (χ4v) is 2.33. The molecule has 0 bridgehead atoms. The highest BCUT2D eigenvalue weighted by atomic mass is 32.2. The molecule has 0 heterocycles. The first kappa shape index (κ1) is 17.0. The van der Waals surface area contributed by atoms with E-state index in [1.165, 1.54) is 0 Å². The van der Waals surface area contributed by atoms with Crippen LogP contribution >= 0.6 is 0 Å². The molecule has 5 nitrogen and oxygen atoms in total. The van der Waals surface area contributed by atoms with Gasteiger partial charge in [0.1, 0.15) is 0 Å². The molecule has 6 heteroatoms.